The highest BCUT2D eigenvalue weighted by molar-refractivity contribution is 5.80. The normalized spacial score (nSPS) is 12.9. The van der Waals surface area contributed by atoms with E-state index in [2.05, 4.69) is 0 Å². The quantitative estimate of drug-likeness (QED) is 0.785. The van der Waals surface area contributed by atoms with Crippen LogP contribution < -0.4 is 5.73 Å². The lowest BCUT2D eigenvalue weighted by Gasteiger charge is -2.08. The van der Waals surface area contributed by atoms with E-state index >= 15 is 0 Å². The standard InChI is InChI=1S/C11H12N2O2/c12-9(11(14)15)7-13-6-5-8-3-1-2-4-10(8)13/h1-6,9H,7,12H2,(H,14,15)/t9-/m0/s1. The highest BCUT2D eigenvalue weighted by Crippen LogP contribution is 2.14. The lowest BCUT2D eigenvalue weighted by molar-refractivity contribution is -0.138. The average Bonchev–Trinajstić information content (AvgIpc) is 2.62. The molecule has 0 aliphatic carbocycles. The van der Waals surface area contributed by atoms with Gasteiger partial charge in [0.15, 0.2) is 0 Å². The van der Waals surface area contributed by atoms with Crippen LogP contribution in [0.3, 0.4) is 0 Å². The second-order valence-corrected chi connectivity index (χ2v) is 3.47. The Bertz CT molecular complexity index is 490. The first-order chi connectivity index (χ1) is 7.18. The number of benzene rings is 1. The Morgan fingerprint density at radius 2 is 2.13 bits per heavy atom. The summed E-state index contributed by atoms with van der Waals surface area (Å²) in [6.07, 6.45) is 1.85. The van der Waals surface area contributed by atoms with E-state index < -0.39 is 12.0 Å². The maximum atomic E-state index is 10.6. The SMILES string of the molecule is N[C@@H](Cn1ccc2ccccc21)C(=O)O. The molecule has 0 aliphatic heterocycles. The fraction of sp³-hybridized carbons (Fsp3) is 0.182. The molecule has 2 aromatic rings. The van der Waals surface area contributed by atoms with E-state index in [4.69, 9.17) is 10.8 Å². The molecule has 1 aromatic carbocycles. The lowest BCUT2D eigenvalue weighted by Crippen LogP contribution is -2.34. The number of fused-ring (bicyclic) bond motifs is 1. The summed E-state index contributed by atoms with van der Waals surface area (Å²) in [5.74, 6) is -0.979. The second kappa shape index (κ2) is 3.74. The molecular weight excluding hydrogens is 192 g/mol. The summed E-state index contributed by atoms with van der Waals surface area (Å²) >= 11 is 0. The van der Waals surface area contributed by atoms with Gasteiger partial charge in [0.05, 0.1) is 0 Å². The van der Waals surface area contributed by atoms with Gasteiger partial charge in [0.1, 0.15) is 6.04 Å². The van der Waals surface area contributed by atoms with Crippen LogP contribution in [0.15, 0.2) is 36.5 Å². The number of aromatic nitrogens is 1. The second-order valence-electron chi connectivity index (χ2n) is 3.47. The molecule has 0 bridgehead atoms. The van der Waals surface area contributed by atoms with Crippen LogP contribution in [0.4, 0.5) is 0 Å². The van der Waals surface area contributed by atoms with E-state index in [1.807, 2.05) is 41.1 Å². The molecule has 0 radical (unpaired) electrons. The summed E-state index contributed by atoms with van der Waals surface area (Å²) in [4.78, 5) is 10.6. The molecule has 0 aliphatic rings. The fourth-order valence-electron chi connectivity index (χ4n) is 1.59. The van der Waals surface area contributed by atoms with Crippen LogP contribution in [0.5, 0.6) is 0 Å². The molecular formula is C11H12N2O2. The fourth-order valence-corrected chi connectivity index (χ4v) is 1.59. The van der Waals surface area contributed by atoms with Gasteiger partial charge in [-0.3, -0.25) is 4.79 Å². The van der Waals surface area contributed by atoms with Crippen molar-refractivity contribution in [1.82, 2.24) is 4.57 Å². The highest BCUT2D eigenvalue weighted by Gasteiger charge is 2.12. The van der Waals surface area contributed by atoms with Crippen molar-refractivity contribution in [1.29, 1.82) is 0 Å². The van der Waals surface area contributed by atoms with E-state index in [0.29, 0.717) is 6.54 Å². The lowest BCUT2D eigenvalue weighted by atomic mass is 10.2. The first kappa shape index (κ1) is 9.73. The Hall–Kier alpha value is -1.81. The van der Waals surface area contributed by atoms with Crippen LogP contribution in [0.2, 0.25) is 0 Å². The Kier molecular flexibility index (Phi) is 2.43. The van der Waals surface area contributed by atoms with Gasteiger partial charge < -0.3 is 15.4 Å². The topological polar surface area (TPSA) is 68.2 Å². The summed E-state index contributed by atoms with van der Waals surface area (Å²) in [6.45, 7) is 0.294. The summed E-state index contributed by atoms with van der Waals surface area (Å²) in [5, 5.41) is 9.81. The van der Waals surface area contributed by atoms with Crippen molar-refractivity contribution in [3.63, 3.8) is 0 Å². The highest BCUT2D eigenvalue weighted by atomic mass is 16.4. The van der Waals surface area contributed by atoms with E-state index in [9.17, 15) is 4.79 Å². The molecule has 0 amide bonds. The largest absolute Gasteiger partial charge is 0.480 e. The minimum atomic E-state index is -0.979. The molecule has 0 saturated heterocycles. The van der Waals surface area contributed by atoms with Crippen LogP contribution in [0, 0.1) is 0 Å². The Labute approximate surface area is 86.9 Å². The zero-order chi connectivity index (χ0) is 10.8. The Morgan fingerprint density at radius 1 is 1.40 bits per heavy atom. The zero-order valence-electron chi connectivity index (χ0n) is 8.13. The summed E-state index contributed by atoms with van der Waals surface area (Å²) < 4.78 is 1.86. The third kappa shape index (κ3) is 1.85. The number of carboxylic acid groups (broad SMARTS) is 1. The zero-order valence-corrected chi connectivity index (χ0v) is 8.13. The van der Waals surface area contributed by atoms with Crippen LogP contribution in [-0.2, 0) is 11.3 Å². The van der Waals surface area contributed by atoms with Gasteiger partial charge >= 0.3 is 5.97 Å². The third-order valence-electron chi connectivity index (χ3n) is 2.39. The first-order valence-corrected chi connectivity index (χ1v) is 4.71. The van der Waals surface area contributed by atoms with Gasteiger partial charge in [-0.25, -0.2) is 0 Å². The maximum absolute atomic E-state index is 10.6. The first-order valence-electron chi connectivity index (χ1n) is 4.71. The smallest absolute Gasteiger partial charge is 0.322 e. The van der Waals surface area contributed by atoms with Gasteiger partial charge in [0.25, 0.3) is 0 Å². The minimum Gasteiger partial charge on any atom is -0.480 e. The van der Waals surface area contributed by atoms with Gasteiger partial charge in [-0.2, -0.15) is 0 Å². The summed E-state index contributed by atoms with van der Waals surface area (Å²) in [7, 11) is 0. The van der Waals surface area contributed by atoms with Crippen LogP contribution >= 0.6 is 0 Å². The molecule has 15 heavy (non-hydrogen) atoms. The Morgan fingerprint density at radius 3 is 2.87 bits per heavy atom. The molecule has 1 aromatic heterocycles. The predicted molar refractivity (Wildman–Crippen MR) is 57.5 cm³/mol. The monoisotopic (exact) mass is 204 g/mol. The molecule has 0 saturated carbocycles. The van der Waals surface area contributed by atoms with Gasteiger partial charge in [0, 0.05) is 18.3 Å². The van der Waals surface area contributed by atoms with Crippen molar-refractivity contribution in [2.45, 2.75) is 12.6 Å². The van der Waals surface area contributed by atoms with E-state index in [1.165, 1.54) is 0 Å². The number of hydrogen-bond acceptors (Lipinski definition) is 2. The number of aliphatic carboxylic acids is 1. The summed E-state index contributed by atoms with van der Waals surface area (Å²) in [5.41, 5.74) is 6.49. The van der Waals surface area contributed by atoms with E-state index in [0.717, 1.165) is 10.9 Å². The number of nitrogens with zero attached hydrogens (tertiary/aromatic N) is 1. The van der Waals surface area contributed by atoms with Crippen LogP contribution in [-0.4, -0.2) is 21.7 Å². The average molecular weight is 204 g/mol. The molecule has 0 spiro atoms. The predicted octanol–water partition coefficient (Wildman–Crippen LogP) is 1.05. The van der Waals surface area contributed by atoms with Gasteiger partial charge in [-0.05, 0) is 17.5 Å². The van der Waals surface area contributed by atoms with Crippen molar-refractivity contribution < 1.29 is 9.90 Å². The van der Waals surface area contributed by atoms with Crippen molar-refractivity contribution in [2.75, 3.05) is 0 Å². The van der Waals surface area contributed by atoms with Crippen molar-refractivity contribution >= 4 is 16.9 Å². The summed E-state index contributed by atoms with van der Waals surface area (Å²) in [6, 6.07) is 8.89. The Balaban J connectivity index is 2.32. The van der Waals surface area contributed by atoms with E-state index in [-0.39, 0.29) is 0 Å². The van der Waals surface area contributed by atoms with Gasteiger partial charge in [-0.1, -0.05) is 18.2 Å². The number of nitrogens with two attached hydrogens (primary N) is 1. The molecule has 1 atom stereocenters. The van der Waals surface area contributed by atoms with Crippen LogP contribution in [0.25, 0.3) is 10.9 Å². The number of rotatable bonds is 3. The molecule has 2 rings (SSSR count). The minimum absolute atomic E-state index is 0.294. The van der Waals surface area contributed by atoms with E-state index in [1.54, 1.807) is 0 Å². The maximum Gasteiger partial charge on any atom is 0.322 e. The number of para-hydroxylation sites is 1. The molecule has 1 heterocycles. The molecule has 4 heteroatoms. The molecule has 0 unspecified atom stereocenters. The van der Waals surface area contributed by atoms with Gasteiger partial charge in [0.2, 0.25) is 0 Å². The van der Waals surface area contributed by atoms with Crippen molar-refractivity contribution in [2.24, 2.45) is 5.73 Å². The van der Waals surface area contributed by atoms with Crippen LogP contribution in [0.1, 0.15) is 0 Å². The number of carboxylic acids is 1. The molecule has 4 nitrogen and oxygen atoms in total. The number of carbonyl (C=O) groups is 1. The van der Waals surface area contributed by atoms with Gasteiger partial charge in [-0.15, -0.1) is 0 Å². The molecule has 78 valence electrons. The third-order valence-corrected chi connectivity index (χ3v) is 2.39. The van der Waals surface area contributed by atoms with Crippen molar-refractivity contribution in [3.05, 3.63) is 36.5 Å². The molecule has 0 fully saturated rings. The molecule has 3 N–H and O–H groups in total. The van der Waals surface area contributed by atoms with Crippen molar-refractivity contribution in [3.8, 4) is 0 Å². The number of hydrogen-bond donors (Lipinski definition) is 2.